The number of thiazole rings is 1. The lowest BCUT2D eigenvalue weighted by atomic mass is 10.1. The third-order valence-corrected chi connectivity index (χ3v) is 4.10. The monoisotopic (exact) mass is 312 g/mol. The van der Waals surface area contributed by atoms with Crippen molar-refractivity contribution in [2.24, 2.45) is 0 Å². The summed E-state index contributed by atoms with van der Waals surface area (Å²) in [6.07, 6.45) is 0. The van der Waals surface area contributed by atoms with Gasteiger partial charge in [0.05, 0.1) is 15.5 Å². The van der Waals surface area contributed by atoms with Gasteiger partial charge in [0.2, 0.25) is 0 Å². The first-order valence-corrected chi connectivity index (χ1v) is 7.23. The number of nitro benzene ring substituents is 1. The summed E-state index contributed by atoms with van der Waals surface area (Å²) < 4.78 is 0. The Bertz CT molecular complexity index is 826. The summed E-state index contributed by atoms with van der Waals surface area (Å²) in [5, 5.41) is 11.2. The minimum absolute atomic E-state index is 0.0426. The van der Waals surface area contributed by atoms with Gasteiger partial charge >= 0.3 is 0 Å². The Morgan fingerprint density at radius 3 is 2.14 bits per heavy atom. The number of non-ortho nitro benzene ring substituents is 1. The van der Waals surface area contributed by atoms with E-state index >= 15 is 0 Å². The number of rotatable bonds is 3. The Labute approximate surface area is 130 Å². The van der Waals surface area contributed by atoms with Crippen LogP contribution in [0.25, 0.3) is 21.7 Å². The molecular weight excluding hydrogens is 300 g/mol. The highest BCUT2D eigenvalue weighted by atomic mass is 32.1. The Hall–Kier alpha value is -2.93. The number of nitrogens with zero attached hydrogens (tertiary/aromatic N) is 2. The predicted octanol–water partition coefficient (Wildman–Crippen LogP) is 3.55. The van der Waals surface area contributed by atoms with Gasteiger partial charge in [0, 0.05) is 23.4 Å². The van der Waals surface area contributed by atoms with E-state index in [1.165, 1.54) is 23.5 Å². The van der Waals surface area contributed by atoms with Crippen molar-refractivity contribution in [2.45, 2.75) is 0 Å². The van der Waals surface area contributed by atoms with Crippen LogP contribution in [0.1, 0.15) is 0 Å². The van der Waals surface area contributed by atoms with Gasteiger partial charge < -0.3 is 11.5 Å². The summed E-state index contributed by atoms with van der Waals surface area (Å²) in [6.45, 7) is 0. The molecule has 0 atom stereocenters. The highest BCUT2D eigenvalue weighted by Gasteiger charge is 2.15. The maximum absolute atomic E-state index is 10.7. The summed E-state index contributed by atoms with van der Waals surface area (Å²) in [6, 6.07) is 13.7. The molecule has 0 aliphatic rings. The third kappa shape index (κ3) is 2.61. The third-order valence-electron chi connectivity index (χ3n) is 3.17. The molecule has 6 nitrogen and oxygen atoms in total. The molecule has 22 heavy (non-hydrogen) atoms. The second-order valence-corrected chi connectivity index (χ2v) is 5.69. The average molecular weight is 312 g/mol. The van der Waals surface area contributed by atoms with Gasteiger partial charge in [-0.3, -0.25) is 10.1 Å². The number of anilines is 2. The first-order chi connectivity index (χ1) is 10.5. The SMILES string of the molecule is Nc1ccc(-c2sc(N)nc2-c2ccc([N+](=O)[O-])cc2)cc1. The minimum Gasteiger partial charge on any atom is -0.399 e. The number of nitrogen functional groups attached to an aromatic ring is 2. The van der Waals surface area contributed by atoms with Crippen molar-refractivity contribution < 1.29 is 4.92 Å². The van der Waals surface area contributed by atoms with Gasteiger partial charge in [0.25, 0.3) is 5.69 Å². The molecule has 110 valence electrons. The molecule has 1 heterocycles. The molecule has 0 spiro atoms. The van der Waals surface area contributed by atoms with E-state index in [1.54, 1.807) is 12.1 Å². The zero-order valence-electron chi connectivity index (χ0n) is 11.4. The molecule has 0 fully saturated rings. The Balaban J connectivity index is 2.07. The summed E-state index contributed by atoms with van der Waals surface area (Å²) in [5.41, 5.74) is 14.7. The second kappa shape index (κ2) is 5.45. The van der Waals surface area contributed by atoms with Crippen molar-refractivity contribution in [1.82, 2.24) is 4.98 Å². The summed E-state index contributed by atoms with van der Waals surface area (Å²) in [4.78, 5) is 15.6. The van der Waals surface area contributed by atoms with Crippen LogP contribution in [0.3, 0.4) is 0 Å². The lowest BCUT2D eigenvalue weighted by Gasteiger charge is -2.03. The maximum atomic E-state index is 10.7. The highest BCUT2D eigenvalue weighted by Crippen LogP contribution is 2.38. The van der Waals surface area contributed by atoms with E-state index < -0.39 is 4.92 Å². The number of nitro groups is 1. The van der Waals surface area contributed by atoms with E-state index in [0.29, 0.717) is 16.5 Å². The molecule has 7 heteroatoms. The van der Waals surface area contributed by atoms with E-state index in [0.717, 1.165) is 16.0 Å². The minimum atomic E-state index is -0.430. The number of aromatic nitrogens is 1. The molecular formula is C15H12N4O2S. The lowest BCUT2D eigenvalue weighted by molar-refractivity contribution is -0.384. The fraction of sp³-hybridized carbons (Fsp3) is 0. The van der Waals surface area contributed by atoms with Crippen molar-refractivity contribution >= 4 is 27.8 Å². The van der Waals surface area contributed by atoms with Crippen molar-refractivity contribution in [3.8, 4) is 21.7 Å². The first kappa shape index (κ1) is 14.0. The van der Waals surface area contributed by atoms with E-state index in [-0.39, 0.29) is 5.69 Å². The molecule has 2 aromatic carbocycles. The molecule has 1 aromatic heterocycles. The zero-order chi connectivity index (χ0) is 15.7. The fourth-order valence-corrected chi connectivity index (χ4v) is 2.96. The normalized spacial score (nSPS) is 10.5. The Morgan fingerprint density at radius 1 is 0.955 bits per heavy atom. The molecule has 0 aliphatic heterocycles. The van der Waals surface area contributed by atoms with Crippen LogP contribution < -0.4 is 11.5 Å². The zero-order valence-corrected chi connectivity index (χ0v) is 12.2. The van der Waals surface area contributed by atoms with Gasteiger partial charge in [-0.25, -0.2) is 4.98 Å². The molecule has 0 radical (unpaired) electrons. The summed E-state index contributed by atoms with van der Waals surface area (Å²) in [5.74, 6) is 0. The molecule has 4 N–H and O–H groups in total. The average Bonchev–Trinajstić information content (AvgIpc) is 2.90. The lowest BCUT2D eigenvalue weighted by Crippen LogP contribution is -1.89. The molecule has 3 rings (SSSR count). The smallest absolute Gasteiger partial charge is 0.269 e. The topological polar surface area (TPSA) is 108 Å². The summed E-state index contributed by atoms with van der Waals surface area (Å²) in [7, 11) is 0. The van der Waals surface area contributed by atoms with Crippen LogP contribution in [0.4, 0.5) is 16.5 Å². The van der Waals surface area contributed by atoms with Crippen LogP contribution in [-0.2, 0) is 0 Å². The first-order valence-electron chi connectivity index (χ1n) is 6.41. The molecule has 0 unspecified atom stereocenters. The van der Waals surface area contributed by atoms with Crippen molar-refractivity contribution in [2.75, 3.05) is 11.5 Å². The Morgan fingerprint density at radius 2 is 1.55 bits per heavy atom. The fourth-order valence-electron chi connectivity index (χ4n) is 2.10. The second-order valence-electron chi connectivity index (χ2n) is 4.66. The van der Waals surface area contributed by atoms with Crippen molar-refractivity contribution in [3.05, 3.63) is 58.6 Å². The van der Waals surface area contributed by atoms with Crippen LogP contribution in [0, 0.1) is 10.1 Å². The van der Waals surface area contributed by atoms with Gasteiger partial charge in [-0.2, -0.15) is 0 Å². The van der Waals surface area contributed by atoms with Crippen LogP contribution in [0.2, 0.25) is 0 Å². The van der Waals surface area contributed by atoms with Crippen LogP contribution >= 0.6 is 11.3 Å². The standard InChI is InChI=1S/C15H12N4O2S/c16-11-5-1-10(2-6-11)14-13(18-15(17)22-14)9-3-7-12(8-4-9)19(20)21/h1-8H,16H2,(H2,17,18). The van der Waals surface area contributed by atoms with E-state index in [2.05, 4.69) is 4.98 Å². The van der Waals surface area contributed by atoms with Crippen molar-refractivity contribution in [1.29, 1.82) is 0 Å². The molecule has 3 aromatic rings. The van der Waals surface area contributed by atoms with E-state index in [9.17, 15) is 10.1 Å². The highest BCUT2D eigenvalue weighted by molar-refractivity contribution is 7.19. The van der Waals surface area contributed by atoms with Gasteiger partial charge in [-0.1, -0.05) is 23.5 Å². The van der Waals surface area contributed by atoms with Crippen LogP contribution in [0.5, 0.6) is 0 Å². The number of benzene rings is 2. The van der Waals surface area contributed by atoms with Gasteiger partial charge in [0.1, 0.15) is 0 Å². The van der Waals surface area contributed by atoms with Gasteiger partial charge in [-0.05, 0) is 29.8 Å². The maximum Gasteiger partial charge on any atom is 0.269 e. The molecule has 0 saturated heterocycles. The molecule has 0 aliphatic carbocycles. The van der Waals surface area contributed by atoms with Gasteiger partial charge in [0.15, 0.2) is 5.13 Å². The summed E-state index contributed by atoms with van der Waals surface area (Å²) >= 11 is 1.37. The van der Waals surface area contributed by atoms with Crippen LogP contribution in [0.15, 0.2) is 48.5 Å². The molecule has 0 bridgehead atoms. The molecule has 0 amide bonds. The van der Waals surface area contributed by atoms with Crippen LogP contribution in [-0.4, -0.2) is 9.91 Å². The number of hydrogen-bond donors (Lipinski definition) is 2. The quantitative estimate of drug-likeness (QED) is 0.437. The molecule has 0 saturated carbocycles. The Kier molecular flexibility index (Phi) is 3.48. The predicted molar refractivity (Wildman–Crippen MR) is 88.5 cm³/mol. The van der Waals surface area contributed by atoms with Crippen molar-refractivity contribution in [3.63, 3.8) is 0 Å². The number of hydrogen-bond acceptors (Lipinski definition) is 6. The van der Waals surface area contributed by atoms with E-state index in [1.807, 2.05) is 24.3 Å². The largest absolute Gasteiger partial charge is 0.399 e. The number of nitrogens with two attached hydrogens (primary N) is 2. The van der Waals surface area contributed by atoms with Gasteiger partial charge in [-0.15, -0.1) is 0 Å². The van der Waals surface area contributed by atoms with E-state index in [4.69, 9.17) is 11.5 Å².